The van der Waals surface area contributed by atoms with E-state index in [2.05, 4.69) is 5.32 Å². The third-order valence-corrected chi connectivity index (χ3v) is 6.98. The number of carbonyl (C=O) groups is 1. The SMILES string of the molecule is C[C@@H](NC(=O)CN(c1cccc(Cl)c1)S(C)(=O)=O)[C@H]1C[C@@H]2CC[C@@H]1C2. The summed E-state index contributed by atoms with van der Waals surface area (Å²) in [7, 11) is -3.58. The molecule has 0 unspecified atom stereocenters. The Morgan fingerprint density at radius 3 is 2.68 bits per heavy atom. The molecule has 0 aliphatic heterocycles. The van der Waals surface area contributed by atoms with Crippen molar-refractivity contribution in [3.8, 4) is 0 Å². The molecule has 0 radical (unpaired) electrons. The number of halogens is 1. The molecular weight excluding hydrogens is 360 g/mol. The van der Waals surface area contributed by atoms with Crippen molar-refractivity contribution in [3.63, 3.8) is 0 Å². The summed E-state index contributed by atoms with van der Waals surface area (Å²) < 4.78 is 25.4. The van der Waals surface area contributed by atoms with Crippen LogP contribution in [0.5, 0.6) is 0 Å². The Labute approximate surface area is 154 Å². The van der Waals surface area contributed by atoms with Crippen molar-refractivity contribution < 1.29 is 13.2 Å². The van der Waals surface area contributed by atoms with Crippen molar-refractivity contribution in [3.05, 3.63) is 29.3 Å². The predicted octanol–water partition coefficient (Wildman–Crippen LogP) is 3.05. The number of rotatable bonds is 6. The van der Waals surface area contributed by atoms with Crippen molar-refractivity contribution in [1.29, 1.82) is 0 Å². The fraction of sp³-hybridized carbons (Fsp3) is 0.611. The van der Waals surface area contributed by atoms with Gasteiger partial charge in [-0.25, -0.2) is 8.42 Å². The second kappa shape index (κ2) is 7.16. The molecule has 7 heteroatoms. The van der Waals surface area contributed by atoms with Crippen LogP contribution in [-0.4, -0.2) is 33.2 Å². The third-order valence-electron chi connectivity index (χ3n) is 5.61. The molecule has 138 valence electrons. The van der Waals surface area contributed by atoms with Crippen molar-refractivity contribution >= 4 is 33.2 Å². The number of carbonyl (C=O) groups excluding carboxylic acids is 1. The highest BCUT2D eigenvalue weighted by Gasteiger charge is 2.42. The van der Waals surface area contributed by atoms with Crippen LogP contribution in [0.2, 0.25) is 5.02 Å². The number of hydrogen-bond donors (Lipinski definition) is 1. The topological polar surface area (TPSA) is 66.5 Å². The summed E-state index contributed by atoms with van der Waals surface area (Å²) in [5.41, 5.74) is 0.401. The molecule has 2 aliphatic rings. The molecule has 0 saturated heterocycles. The number of anilines is 1. The molecule has 1 aromatic carbocycles. The maximum absolute atomic E-state index is 12.5. The standard InChI is InChI=1S/C18H25ClN2O3S/c1-12(17-9-13-6-7-14(17)8-13)20-18(22)11-21(25(2,23)24)16-5-3-4-15(19)10-16/h3-5,10,12-14,17H,6-9,11H2,1-2H3,(H,20,22)/t12-,13-,14-,17-/m1/s1. The van der Waals surface area contributed by atoms with E-state index in [1.54, 1.807) is 24.3 Å². The number of fused-ring (bicyclic) bond motifs is 2. The summed E-state index contributed by atoms with van der Waals surface area (Å²) in [6.45, 7) is 1.80. The highest BCUT2D eigenvalue weighted by Crippen LogP contribution is 2.49. The lowest BCUT2D eigenvalue weighted by molar-refractivity contribution is -0.120. The molecule has 1 N–H and O–H groups in total. The molecule has 2 fully saturated rings. The van der Waals surface area contributed by atoms with E-state index in [1.807, 2.05) is 6.92 Å². The maximum atomic E-state index is 12.5. The Bertz CT molecular complexity index is 752. The molecule has 4 atom stereocenters. The van der Waals surface area contributed by atoms with Gasteiger partial charge in [0.2, 0.25) is 15.9 Å². The molecule has 0 aromatic heterocycles. The molecule has 5 nitrogen and oxygen atoms in total. The summed E-state index contributed by atoms with van der Waals surface area (Å²) in [6.07, 6.45) is 6.13. The monoisotopic (exact) mass is 384 g/mol. The van der Waals surface area contributed by atoms with Gasteiger partial charge in [-0.3, -0.25) is 9.10 Å². The Kier molecular flexibility index (Phi) is 5.30. The van der Waals surface area contributed by atoms with Crippen LogP contribution in [-0.2, 0) is 14.8 Å². The van der Waals surface area contributed by atoms with Crippen LogP contribution >= 0.6 is 11.6 Å². The van der Waals surface area contributed by atoms with Crippen LogP contribution < -0.4 is 9.62 Å². The number of nitrogens with zero attached hydrogens (tertiary/aromatic N) is 1. The van der Waals surface area contributed by atoms with Gasteiger partial charge < -0.3 is 5.32 Å². The Balaban J connectivity index is 1.66. The minimum Gasteiger partial charge on any atom is -0.352 e. The van der Waals surface area contributed by atoms with Crippen LogP contribution in [0.3, 0.4) is 0 Å². The molecule has 2 saturated carbocycles. The van der Waals surface area contributed by atoms with Gasteiger partial charge >= 0.3 is 0 Å². The van der Waals surface area contributed by atoms with Gasteiger partial charge in [0.25, 0.3) is 0 Å². The lowest BCUT2D eigenvalue weighted by Gasteiger charge is -2.29. The van der Waals surface area contributed by atoms with Crippen LogP contribution in [0, 0.1) is 17.8 Å². The Morgan fingerprint density at radius 2 is 2.12 bits per heavy atom. The summed E-state index contributed by atoms with van der Waals surface area (Å²) in [4.78, 5) is 12.5. The zero-order chi connectivity index (χ0) is 18.2. The van der Waals surface area contributed by atoms with E-state index in [1.165, 1.54) is 25.7 Å². The molecule has 1 aromatic rings. The number of sulfonamides is 1. The minimum atomic E-state index is -3.58. The molecule has 2 aliphatic carbocycles. The largest absolute Gasteiger partial charge is 0.352 e. The zero-order valence-electron chi connectivity index (χ0n) is 14.6. The van der Waals surface area contributed by atoms with Crippen molar-refractivity contribution in [2.24, 2.45) is 17.8 Å². The van der Waals surface area contributed by atoms with Crippen LogP contribution in [0.1, 0.15) is 32.6 Å². The molecule has 2 bridgehead atoms. The van der Waals surface area contributed by atoms with E-state index in [-0.39, 0.29) is 18.5 Å². The first-order chi connectivity index (χ1) is 11.7. The van der Waals surface area contributed by atoms with Gasteiger partial charge in [0.05, 0.1) is 11.9 Å². The normalized spacial score (nSPS) is 26.4. The summed E-state index contributed by atoms with van der Waals surface area (Å²) >= 11 is 5.96. The summed E-state index contributed by atoms with van der Waals surface area (Å²) in [5, 5.41) is 3.45. The highest BCUT2D eigenvalue weighted by atomic mass is 35.5. The van der Waals surface area contributed by atoms with Gasteiger partial charge in [-0.2, -0.15) is 0 Å². The number of benzene rings is 1. The average molecular weight is 385 g/mol. The molecule has 1 amide bonds. The van der Waals surface area contributed by atoms with Crippen molar-refractivity contribution in [2.45, 2.75) is 38.6 Å². The minimum absolute atomic E-state index is 0.0728. The van der Waals surface area contributed by atoms with Gasteiger partial charge in [-0.15, -0.1) is 0 Å². The fourth-order valence-electron chi connectivity index (χ4n) is 4.47. The first-order valence-electron chi connectivity index (χ1n) is 8.76. The quantitative estimate of drug-likeness (QED) is 0.819. The van der Waals surface area contributed by atoms with Crippen molar-refractivity contribution in [1.82, 2.24) is 5.32 Å². The first kappa shape index (κ1) is 18.5. The molecule has 0 heterocycles. The smallest absolute Gasteiger partial charge is 0.240 e. The Morgan fingerprint density at radius 1 is 1.36 bits per heavy atom. The molecule has 25 heavy (non-hydrogen) atoms. The lowest BCUT2D eigenvalue weighted by Crippen LogP contribution is -2.46. The summed E-state index contributed by atoms with van der Waals surface area (Å²) in [6, 6.07) is 6.60. The van der Waals surface area contributed by atoms with E-state index in [0.717, 1.165) is 16.5 Å². The van der Waals surface area contributed by atoms with E-state index >= 15 is 0 Å². The van der Waals surface area contributed by atoms with E-state index < -0.39 is 10.0 Å². The van der Waals surface area contributed by atoms with Crippen LogP contribution in [0.15, 0.2) is 24.3 Å². The third kappa shape index (κ3) is 4.29. The van der Waals surface area contributed by atoms with Gasteiger partial charge in [-0.1, -0.05) is 24.1 Å². The number of hydrogen-bond acceptors (Lipinski definition) is 3. The Hall–Kier alpha value is -1.27. The maximum Gasteiger partial charge on any atom is 0.240 e. The second-order valence-electron chi connectivity index (χ2n) is 7.44. The van der Waals surface area contributed by atoms with E-state index in [0.29, 0.717) is 22.5 Å². The molecule has 0 spiro atoms. The second-order valence-corrected chi connectivity index (χ2v) is 9.79. The van der Waals surface area contributed by atoms with Gasteiger partial charge in [-0.05, 0) is 62.1 Å². The fourth-order valence-corrected chi connectivity index (χ4v) is 5.51. The number of amides is 1. The molecule has 3 rings (SSSR count). The van der Waals surface area contributed by atoms with E-state index in [9.17, 15) is 13.2 Å². The van der Waals surface area contributed by atoms with Gasteiger partial charge in [0.15, 0.2) is 0 Å². The average Bonchev–Trinajstić information content (AvgIpc) is 3.14. The highest BCUT2D eigenvalue weighted by molar-refractivity contribution is 7.92. The first-order valence-corrected chi connectivity index (χ1v) is 11.0. The number of nitrogens with one attached hydrogen (secondary N) is 1. The zero-order valence-corrected chi connectivity index (χ0v) is 16.2. The van der Waals surface area contributed by atoms with Crippen LogP contribution in [0.4, 0.5) is 5.69 Å². The lowest BCUT2D eigenvalue weighted by atomic mass is 9.84. The predicted molar refractivity (Wildman–Crippen MR) is 100 cm³/mol. The van der Waals surface area contributed by atoms with Gasteiger partial charge in [0, 0.05) is 11.1 Å². The van der Waals surface area contributed by atoms with Crippen LogP contribution in [0.25, 0.3) is 0 Å². The van der Waals surface area contributed by atoms with Gasteiger partial charge in [0.1, 0.15) is 6.54 Å². The molecular formula is C18H25ClN2O3S. The van der Waals surface area contributed by atoms with Crippen molar-refractivity contribution in [2.75, 3.05) is 17.1 Å². The summed E-state index contributed by atoms with van der Waals surface area (Å²) in [5.74, 6) is 1.76. The van der Waals surface area contributed by atoms with E-state index in [4.69, 9.17) is 11.6 Å².